The van der Waals surface area contributed by atoms with Crippen LogP contribution in [-0.2, 0) is 6.42 Å². The van der Waals surface area contributed by atoms with Gasteiger partial charge in [-0.2, -0.15) is 4.98 Å². The Morgan fingerprint density at radius 1 is 1.26 bits per heavy atom. The minimum absolute atomic E-state index is 0.440. The van der Waals surface area contributed by atoms with Crippen LogP contribution in [0, 0.1) is 0 Å². The van der Waals surface area contributed by atoms with E-state index in [1.165, 1.54) is 0 Å². The second-order valence-corrected chi connectivity index (χ2v) is 4.90. The summed E-state index contributed by atoms with van der Waals surface area (Å²) >= 11 is 1.63. The number of hydrogen-bond donors (Lipinski definition) is 1. The van der Waals surface area contributed by atoms with E-state index >= 15 is 0 Å². The number of nitrogens with zero attached hydrogens (tertiary/aromatic N) is 2. The number of nitrogens with two attached hydrogens (primary N) is 1. The molecule has 0 aliphatic heterocycles. The standard InChI is InChI=1S/C14H17N3OS/c1-3-6-13-16-12(15)9-14(17-13)18-10-7-4-5-8-11(10)19-2/h4-5,7-9H,3,6H2,1-2H3,(H2,15,16,17). The first kappa shape index (κ1) is 13.7. The number of thioether (sulfide) groups is 1. The van der Waals surface area contributed by atoms with E-state index < -0.39 is 0 Å². The van der Waals surface area contributed by atoms with Gasteiger partial charge in [-0.15, -0.1) is 11.8 Å². The lowest BCUT2D eigenvalue weighted by atomic mass is 10.3. The first-order valence-corrected chi connectivity index (χ1v) is 7.39. The first-order valence-electron chi connectivity index (χ1n) is 6.17. The SMILES string of the molecule is CCCc1nc(N)cc(Oc2ccccc2SC)n1. The molecule has 19 heavy (non-hydrogen) atoms. The Balaban J connectivity index is 2.27. The maximum atomic E-state index is 5.82. The van der Waals surface area contributed by atoms with Gasteiger partial charge in [0.1, 0.15) is 17.4 Å². The minimum Gasteiger partial charge on any atom is -0.438 e. The summed E-state index contributed by atoms with van der Waals surface area (Å²) < 4.78 is 5.82. The van der Waals surface area contributed by atoms with Crippen molar-refractivity contribution in [3.05, 3.63) is 36.2 Å². The summed E-state index contributed by atoms with van der Waals surface area (Å²) in [5, 5.41) is 0. The number of anilines is 1. The number of hydrogen-bond acceptors (Lipinski definition) is 5. The zero-order chi connectivity index (χ0) is 13.7. The van der Waals surface area contributed by atoms with Gasteiger partial charge in [-0.05, 0) is 24.8 Å². The van der Waals surface area contributed by atoms with Crippen LogP contribution < -0.4 is 10.5 Å². The van der Waals surface area contributed by atoms with E-state index in [4.69, 9.17) is 10.5 Å². The van der Waals surface area contributed by atoms with Crippen molar-refractivity contribution >= 4 is 17.6 Å². The largest absolute Gasteiger partial charge is 0.438 e. The second-order valence-electron chi connectivity index (χ2n) is 4.05. The van der Waals surface area contributed by atoms with E-state index in [2.05, 4.69) is 16.9 Å². The van der Waals surface area contributed by atoms with Gasteiger partial charge in [0, 0.05) is 17.4 Å². The van der Waals surface area contributed by atoms with E-state index in [1.54, 1.807) is 17.8 Å². The van der Waals surface area contributed by atoms with Crippen LogP contribution in [0.1, 0.15) is 19.2 Å². The molecule has 0 fully saturated rings. The molecular formula is C14H17N3OS. The molecule has 0 aliphatic rings. The van der Waals surface area contributed by atoms with Gasteiger partial charge >= 0.3 is 0 Å². The van der Waals surface area contributed by atoms with Crippen molar-refractivity contribution in [2.45, 2.75) is 24.7 Å². The van der Waals surface area contributed by atoms with E-state index in [-0.39, 0.29) is 0 Å². The number of benzene rings is 1. The molecule has 0 bridgehead atoms. The monoisotopic (exact) mass is 275 g/mol. The summed E-state index contributed by atoms with van der Waals surface area (Å²) in [7, 11) is 0. The number of aryl methyl sites for hydroxylation is 1. The predicted octanol–water partition coefficient (Wildman–Crippen LogP) is 3.53. The smallest absolute Gasteiger partial charge is 0.224 e. The molecule has 0 unspecified atom stereocenters. The lowest BCUT2D eigenvalue weighted by Gasteiger charge is -2.10. The number of aromatic nitrogens is 2. The summed E-state index contributed by atoms with van der Waals surface area (Å²) in [6.07, 6.45) is 3.79. The van der Waals surface area contributed by atoms with Gasteiger partial charge in [0.15, 0.2) is 0 Å². The number of rotatable bonds is 5. The zero-order valence-corrected chi connectivity index (χ0v) is 11.9. The molecular weight excluding hydrogens is 258 g/mol. The molecule has 100 valence electrons. The van der Waals surface area contributed by atoms with Crippen LogP contribution in [0.25, 0.3) is 0 Å². The van der Waals surface area contributed by atoms with Crippen molar-refractivity contribution in [3.8, 4) is 11.6 Å². The Kier molecular flexibility index (Phi) is 4.63. The van der Waals surface area contributed by atoms with Gasteiger partial charge in [0.25, 0.3) is 0 Å². The third kappa shape index (κ3) is 3.61. The van der Waals surface area contributed by atoms with Crippen LogP contribution in [0.5, 0.6) is 11.6 Å². The average Bonchev–Trinajstić information content (AvgIpc) is 2.39. The first-order chi connectivity index (χ1) is 9.22. The van der Waals surface area contributed by atoms with Gasteiger partial charge < -0.3 is 10.5 Å². The highest BCUT2D eigenvalue weighted by Gasteiger charge is 2.07. The highest BCUT2D eigenvalue weighted by Crippen LogP contribution is 2.30. The fourth-order valence-electron chi connectivity index (χ4n) is 1.70. The summed E-state index contributed by atoms with van der Waals surface area (Å²) in [5.74, 6) is 2.45. The molecule has 1 heterocycles. The molecule has 5 heteroatoms. The molecule has 0 spiro atoms. The van der Waals surface area contributed by atoms with Gasteiger partial charge in [-0.3, -0.25) is 0 Å². The molecule has 0 amide bonds. The molecule has 2 N–H and O–H groups in total. The Morgan fingerprint density at radius 2 is 2.05 bits per heavy atom. The molecule has 2 rings (SSSR count). The van der Waals surface area contributed by atoms with Crippen molar-refractivity contribution < 1.29 is 4.74 Å². The van der Waals surface area contributed by atoms with Crippen LogP contribution in [-0.4, -0.2) is 16.2 Å². The molecule has 0 atom stereocenters. The number of nitrogen functional groups attached to an aromatic ring is 1. The molecule has 1 aromatic carbocycles. The fraction of sp³-hybridized carbons (Fsp3) is 0.286. The molecule has 1 aromatic heterocycles. The maximum Gasteiger partial charge on any atom is 0.224 e. The third-order valence-corrected chi connectivity index (χ3v) is 3.30. The number of para-hydroxylation sites is 1. The van der Waals surface area contributed by atoms with Crippen LogP contribution in [0.3, 0.4) is 0 Å². The minimum atomic E-state index is 0.440. The number of ether oxygens (including phenoxy) is 1. The van der Waals surface area contributed by atoms with E-state index in [1.807, 2.05) is 30.5 Å². The third-order valence-electron chi connectivity index (χ3n) is 2.53. The molecule has 2 aromatic rings. The Bertz CT molecular complexity index is 560. The fourth-order valence-corrected chi connectivity index (χ4v) is 2.22. The molecule has 0 saturated carbocycles. The summed E-state index contributed by atoms with van der Waals surface area (Å²) in [4.78, 5) is 9.63. The maximum absolute atomic E-state index is 5.82. The van der Waals surface area contributed by atoms with Crippen LogP contribution >= 0.6 is 11.8 Å². The predicted molar refractivity (Wildman–Crippen MR) is 78.7 cm³/mol. The van der Waals surface area contributed by atoms with Gasteiger partial charge in [0.2, 0.25) is 5.88 Å². The summed E-state index contributed by atoms with van der Waals surface area (Å²) in [6.45, 7) is 2.08. The van der Waals surface area contributed by atoms with Crippen molar-refractivity contribution in [1.29, 1.82) is 0 Å². The zero-order valence-electron chi connectivity index (χ0n) is 11.1. The molecule has 4 nitrogen and oxygen atoms in total. The van der Waals surface area contributed by atoms with E-state index in [9.17, 15) is 0 Å². The highest BCUT2D eigenvalue weighted by atomic mass is 32.2. The van der Waals surface area contributed by atoms with Crippen LogP contribution in [0.2, 0.25) is 0 Å². The molecule has 0 radical (unpaired) electrons. The van der Waals surface area contributed by atoms with Crippen molar-refractivity contribution in [2.75, 3.05) is 12.0 Å². The van der Waals surface area contributed by atoms with Crippen LogP contribution in [0.15, 0.2) is 35.2 Å². The molecule has 0 aliphatic carbocycles. The summed E-state index contributed by atoms with van der Waals surface area (Å²) in [5.41, 5.74) is 5.78. The van der Waals surface area contributed by atoms with Gasteiger partial charge in [0.05, 0.1) is 0 Å². The lowest BCUT2D eigenvalue weighted by molar-refractivity contribution is 0.448. The highest BCUT2D eigenvalue weighted by molar-refractivity contribution is 7.98. The normalized spacial score (nSPS) is 10.4. The second kappa shape index (κ2) is 6.43. The van der Waals surface area contributed by atoms with Crippen molar-refractivity contribution in [1.82, 2.24) is 9.97 Å². The van der Waals surface area contributed by atoms with E-state index in [0.717, 1.165) is 29.3 Å². The Morgan fingerprint density at radius 3 is 2.79 bits per heavy atom. The van der Waals surface area contributed by atoms with Gasteiger partial charge in [-0.25, -0.2) is 4.98 Å². The van der Waals surface area contributed by atoms with Crippen LogP contribution in [0.4, 0.5) is 5.82 Å². The van der Waals surface area contributed by atoms with E-state index in [0.29, 0.717) is 11.7 Å². The quantitative estimate of drug-likeness (QED) is 0.846. The average molecular weight is 275 g/mol. The lowest BCUT2D eigenvalue weighted by Crippen LogP contribution is -2.01. The van der Waals surface area contributed by atoms with Gasteiger partial charge in [-0.1, -0.05) is 19.1 Å². The van der Waals surface area contributed by atoms with Crippen molar-refractivity contribution in [2.24, 2.45) is 0 Å². The Labute approximate surface area is 117 Å². The van der Waals surface area contributed by atoms with Crippen molar-refractivity contribution in [3.63, 3.8) is 0 Å². The molecule has 0 saturated heterocycles. The Hall–Kier alpha value is -1.75. The topological polar surface area (TPSA) is 61.0 Å². The summed E-state index contributed by atoms with van der Waals surface area (Å²) in [6, 6.07) is 9.50.